The van der Waals surface area contributed by atoms with Gasteiger partial charge in [0.25, 0.3) is 5.91 Å². The number of hydrogen-bond acceptors (Lipinski definition) is 4. The molecule has 2 heterocycles. The first kappa shape index (κ1) is 11.1. The van der Waals surface area contributed by atoms with Crippen molar-refractivity contribution in [1.29, 1.82) is 0 Å². The summed E-state index contributed by atoms with van der Waals surface area (Å²) in [4.78, 5) is 13.8. The summed E-state index contributed by atoms with van der Waals surface area (Å²) >= 11 is 0. The fourth-order valence-electron chi connectivity index (χ4n) is 2.10. The summed E-state index contributed by atoms with van der Waals surface area (Å²) in [7, 11) is 0. The molecule has 0 bridgehead atoms. The lowest BCUT2D eigenvalue weighted by Crippen LogP contribution is -2.42. The number of nitrogens with zero attached hydrogens (tertiary/aromatic N) is 2. The number of carbonyl (C=O) groups excluding carboxylic acids is 1. The van der Waals surface area contributed by atoms with E-state index in [1.54, 1.807) is 11.0 Å². The highest BCUT2D eigenvalue weighted by Crippen LogP contribution is 2.18. The van der Waals surface area contributed by atoms with Crippen LogP contribution in [0.15, 0.2) is 16.9 Å². The van der Waals surface area contributed by atoms with Gasteiger partial charge in [-0.1, -0.05) is 18.0 Å². The molecule has 0 radical (unpaired) electrons. The molecule has 5 nitrogen and oxygen atoms in total. The molecule has 88 valence electrons. The van der Waals surface area contributed by atoms with Gasteiger partial charge in [-0.25, -0.2) is 0 Å². The van der Waals surface area contributed by atoms with Crippen LogP contribution in [-0.2, 0) is 0 Å². The highest BCUT2D eigenvalue weighted by Gasteiger charge is 2.26. The Labute approximate surface area is 94.0 Å². The lowest BCUT2D eigenvalue weighted by Gasteiger charge is -2.27. The summed E-state index contributed by atoms with van der Waals surface area (Å²) in [6.45, 7) is 0.709. The van der Waals surface area contributed by atoms with Crippen molar-refractivity contribution in [3.05, 3.63) is 18.0 Å². The molecule has 1 aromatic heterocycles. The lowest BCUT2D eigenvalue weighted by atomic mass is 10.1. The Morgan fingerprint density at radius 2 is 2.44 bits per heavy atom. The van der Waals surface area contributed by atoms with Gasteiger partial charge in [0.15, 0.2) is 5.69 Å². The fraction of sp³-hybridized carbons (Fsp3) is 0.636. The SMILES string of the molecule is O=C(c1ccon1)N1CCCCCC1CO. The van der Waals surface area contributed by atoms with Crippen molar-refractivity contribution >= 4 is 5.91 Å². The van der Waals surface area contributed by atoms with Crippen LogP contribution in [0.1, 0.15) is 36.2 Å². The highest BCUT2D eigenvalue weighted by atomic mass is 16.5. The van der Waals surface area contributed by atoms with Gasteiger partial charge in [0, 0.05) is 12.6 Å². The number of likely N-dealkylation sites (tertiary alicyclic amines) is 1. The Morgan fingerprint density at radius 3 is 3.12 bits per heavy atom. The number of aromatic nitrogens is 1. The molecule has 1 aliphatic heterocycles. The average molecular weight is 224 g/mol. The monoisotopic (exact) mass is 224 g/mol. The van der Waals surface area contributed by atoms with Gasteiger partial charge < -0.3 is 14.5 Å². The van der Waals surface area contributed by atoms with Crippen molar-refractivity contribution in [2.24, 2.45) is 0 Å². The van der Waals surface area contributed by atoms with Crippen LogP contribution >= 0.6 is 0 Å². The molecule has 0 aliphatic carbocycles. The van der Waals surface area contributed by atoms with Crippen molar-refractivity contribution in [1.82, 2.24) is 10.1 Å². The van der Waals surface area contributed by atoms with Gasteiger partial charge in [0.1, 0.15) is 6.26 Å². The van der Waals surface area contributed by atoms with E-state index in [-0.39, 0.29) is 18.6 Å². The molecule has 1 aliphatic rings. The number of hydrogen-bond donors (Lipinski definition) is 1. The van der Waals surface area contributed by atoms with Crippen LogP contribution < -0.4 is 0 Å². The summed E-state index contributed by atoms with van der Waals surface area (Å²) in [5.41, 5.74) is 0.320. The standard InChI is InChI=1S/C11H16N2O3/c14-8-9-4-2-1-3-6-13(9)11(15)10-5-7-16-12-10/h5,7,9,14H,1-4,6,8H2. The molecule has 1 amide bonds. The second-order valence-electron chi connectivity index (χ2n) is 4.07. The Balaban J connectivity index is 2.13. The summed E-state index contributed by atoms with van der Waals surface area (Å²) in [5, 5.41) is 12.9. The molecule has 16 heavy (non-hydrogen) atoms. The van der Waals surface area contributed by atoms with Gasteiger partial charge in [-0.2, -0.15) is 0 Å². The zero-order chi connectivity index (χ0) is 11.4. The van der Waals surface area contributed by atoms with E-state index in [2.05, 4.69) is 9.68 Å². The van der Waals surface area contributed by atoms with E-state index >= 15 is 0 Å². The minimum atomic E-state index is -0.144. The Morgan fingerprint density at radius 1 is 1.56 bits per heavy atom. The summed E-state index contributed by atoms with van der Waals surface area (Å²) in [6, 6.07) is 1.48. The minimum absolute atomic E-state index is 0.0175. The Kier molecular flexibility index (Phi) is 3.56. The molecule has 2 rings (SSSR count). The maximum Gasteiger partial charge on any atom is 0.276 e. The third kappa shape index (κ3) is 2.24. The first-order valence-corrected chi connectivity index (χ1v) is 5.65. The normalized spacial score (nSPS) is 21.8. The third-order valence-electron chi connectivity index (χ3n) is 3.01. The van der Waals surface area contributed by atoms with Crippen LogP contribution in [0.2, 0.25) is 0 Å². The van der Waals surface area contributed by atoms with Crippen LogP contribution in [0.25, 0.3) is 0 Å². The number of amides is 1. The lowest BCUT2D eigenvalue weighted by molar-refractivity contribution is 0.0589. The van der Waals surface area contributed by atoms with Crippen molar-refractivity contribution in [2.45, 2.75) is 31.7 Å². The predicted molar refractivity (Wildman–Crippen MR) is 56.9 cm³/mol. The summed E-state index contributed by atoms with van der Waals surface area (Å²) in [5.74, 6) is -0.144. The first-order chi connectivity index (χ1) is 7.83. The van der Waals surface area contributed by atoms with Crippen molar-refractivity contribution in [2.75, 3.05) is 13.2 Å². The average Bonchev–Trinajstić information content (AvgIpc) is 2.73. The number of carbonyl (C=O) groups is 1. The second-order valence-corrected chi connectivity index (χ2v) is 4.07. The highest BCUT2D eigenvalue weighted by molar-refractivity contribution is 5.92. The van der Waals surface area contributed by atoms with E-state index in [1.807, 2.05) is 0 Å². The zero-order valence-electron chi connectivity index (χ0n) is 9.13. The van der Waals surface area contributed by atoms with Crippen LogP contribution in [0.5, 0.6) is 0 Å². The van der Waals surface area contributed by atoms with Crippen LogP contribution in [0.4, 0.5) is 0 Å². The van der Waals surface area contributed by atoms with Gasteiger partial charge in [-0.3, -0.25) is 4.79 Å². The number of rotatable bonds is 2. The Bertz CT molecular complexity index is 337. The zero-order valence-corrected chi connectivity index (χ0v) is 9.13. The van der Waals surface area contributed by atoms with Crippen LogP contribution in [0, 0.1) is 0 Å². The largest absolute Gasteiger partial charge is 0.394 e. The van der Waals surface area contributed by atoms with E-state index in [9.17, 15) is 9.90 Å². The fourth-order valence-corrected chi connectivity index (χ4v) is 2.10. The molecule has 1 unspecified atom stereocenters. The maximum atomic E-state index is 12.1. The molecule has 1 aromatic rings. The van der Waals surface area contributed by atoms with Gasteiger partial charge >= 0.3 is 0 Å². The Hall–Kier alpha value is -1.36. The third-order valence-corrected chi connectivity index (χ3v) is 3.01. The molecule has 1 saturated heterocycles. The van der Waals surface area contributed by atoms with Crippen LogP contribution in [0.3, 0.4) is 0 Å². The van der Waals surface area contributed by atoms with Gasteiger partial charge in [0.05, 0.1) is 12.6 Å². The molecule has 0 spiro atoms. The number of aliphatic hydroxyl groups is 1. The van der Waals surface area contributed by atoms with Gasteiger partial charge in [-0.15, -0.1) is 0 Å². The van der Waals surface area contributed by atoms with Crippen molar-refractivity contribution < 1.29 is 14.4 Å². The van der Waals surface area contributed by atoms with Crippen LogP contribution in [-0.4, -0.2) is 40.3 Å². The molecule has 1 N–H and O–H groups in total. The molecule has 1 atom stereocenters. The molecular weight excluding hydrogens is 208 g/mol. The predicted octanol–water partition coefficient (Wildman–Crippen LogP) is 1.05. The topological polar surface area (TPSA) is 66.6 Å². The van der Waals surface area contributed by atoms with E-state index in [0.717, 1.165) is 25.7 Å². The van der Waals surface area contributed by atoms with E-state index in [0.29, 0.717) is 12.2 Å². The van der Waals surface area contributed by atoms with Gasteiger partial charge in [0.2, 0.25) is 0 Å². The molecule has 0 aromatic carbocycles. The van der Waals surface area contributed by atoms with E-state index < -0.39 is 0 Å². The first-order valence-electron chi connectivity index (χ1n) is 5.65. The van der Waals surface area contributed by atoms with E-state index in [1.165, 1.54) is 6.26 Å². The summed E-state index contributed by atoms with van der Waals surface area (Å²) in [6.07, 6.45) is 5.41. The molecular formula is C11H16N2O3. The molecule has 0 saturated carbocycles. The smallest absolute Gasteiger partial charge is 0.276 e. The molecule has 1 fully saturated rings. The quantitative estimate of drug-likeness (QED) is 0.815. The molecule has 5 heteroatoms. The second kappa shape index (κ2) is 5.12. The number of aliphatic hydroxyl groups excluding tert-OH is 1. The maximum absolute atomic E-state index is 12.1. The van der Waals surface area contributed by atoms with Crippen molar-refractivity contribution in [3.8, 4) is 0 Å². The minimum Gasteiger partial charge on any atom is -0.394 e. The van der Waals surface area contributed by atoms with Gasteiger partial charge in [-0.05, 0) is 12.8 Å². The van der Waals surface area contributed by atoms with E-state index in [4.69, 9.17) is 0 Å². The van der Waals surface area contributed by atoms with Crippen molar-refractivity contribution in [3.63, 3.8) is 0 Å². The summed E-state index contributed by atoms with van der Waals surface area (Å²) < 4.78 is 4.67.